The zero-order chi connectivity index (χ0) is 17.4. The van der Waals surface area contributed by atoms with Crippen molar-refractivity contribution in [2.75, 3.05) is 13.1 Å². The number of likely N-dealkylation sites (N-methyl/N-ethyl adjacent to an activating group) is 1. The zero-order valence-corrected chi connectivity index (χ0v) is 16.0. The molecule has 1 atom stereocenters. The van der Waals surface area contributed by atoms with Crippen LogP contribution in [-0.4, -0.2) is 35.2 Å². The minimum absolute atomic E-state index is 0. The summed E-state index contributed by atoms with van der Waals surface area (Å²) in [6.45, 7) is 5.61. The molecular formula is C17H24Cl2N4O2. The van der Waals surface area contributed by atoms with Gasteiger partial charge < -0.3 is 15.2 Å². The molecule has 0 saturated carbocycles. The van der Waals surface area contributed by atoms with Gasteiger partial charge in [-0.15, -0.1) is 12.4 Å². The van der Waals surface area contributed by atoms with Crippen LogP contribution >= 0.6 is 24.0 Å². The Balaban J connectivity index is 0.00000312. The molecule has 8 heteroatoms. The van der Waals surface area contributed by atoms with E-state index in [0.717, 1.165) is 12.1 Å². The molecule has 0 fully saturated rings. The van der Waals surface area contributed by atoms with Gasteiger partial charge in [0.2, 0.25) is 17.6 Å². The quantitative estimate of drug-likeness (QED) is 0.691. The predicted octanol–water partition coefficient (Wildman–Crippen LogP) is 3.25. The molecule has 6 nitrogen and oxygen atoms in total. The standard InChI is InChI=1S/C17H23ClN4O2.ClH/c1-3-19-12(2)11-20-15(23)5-4-6-16-21-17(22-24-16)13-7-9-14(18)10-8-13;/h7-10,12,19H,3-6,11H2,1-2H3,(H,20,23);1H/t12-;/m1./s1. The first-order valence-electron chi connectivity index (χ1n) is 8.17. The van der Waals surface area contributed by atoms with Crippen LogP contribution in [0.1, 0.15) is 32.6 Å². The van der Waals surface area contributed by atoms with Crippen molar-refractivity contribution in [1.29, 1.82) is 0 Å². The topological polar surface area (TPSA) is 80.0 Å². The van der Waals surface area contributed by atoms with Crippen molar-refractivity contribution >= 4 is 29.9 Å². The molecule has 1 amide bonds. The summed E-state index contributed by atoms with van der Waals surface area (Å²) in [7, 11) is 0. The van der Waals surface area contributed by atoms with Gasteiger partial charge in [0.1, 0.15) is 0 Å². The molecule has 2 rings (SSSR count). The highest BCUT2D eigenvalue weighted by atomic mass is 35.5. The van der Waals surface area contributed by atoms with Crippen LogP contribution in [0.25, 0.3) is 11.4 Å². The van der Waals surface area contributed by atoms with E-state index in [-0.39, 0.29) is 24.4 Å². The summed E-state index contributed by atoms with van der Waals surface area (Å²) in [5, 5.41) is 10.8. The third-order valence-corrected chi connectivity index (χ3v) is 3.77. The Kier molecular flexibility index (Phi) is 9.49. The van der Waals surface area contributed by atoms with Crippen molar-refractivity contribution in [2.45, 2.75) is 39.2 Å². The van der Waals surface area contributed by atoms with Crippen LogP contribution in [0, 0.1) is 0 Å². The van der Waals surface area contributed by atoms with Crippen molar-refractivity contribution in [2.24, 2.45) is 0 Å². The maximum atomic E-state index is 11.8. The number of aryl methyl sites for hydroxylation is 1. The Morgan fingerprint density at radius 3 is 2.72 bits per heavy atom. The Bertz CT molecular complexity index is 646. The molecule has 1 aromatic heterocycles. The number of benzene rings is 1. The summed E-state index contributed by atoms with van der Waals surface area (Å²) >= 11 is 5.86. The molecule has 1 heterocycles. The van der Waals surface area contributed by atoms with Crippen LogP contribution in [0.3, 0.4) is 0 Å². The molecule has 1 aromatic carbocycles. The van der Waals surface area contributed by atoms with Gasteiger partial charge in [-0.25, -0.2) is 0 Å². The molecule has 25 heavy (non-hydrogen) atoms. The van der Waals surface area contributed by atoms with E-state index in [2.05, 4.69) is 20.8 Å². The number of rotatable bonds is 9. The zero-order valence-electron chi connectivity index (χ0n) is 14.4. The van der Waals surface area contributed by atoms with Crippen LogP contribution in [0.15, 0.2) is 28.8 Å². The SMILES string of the molecule is CCN[C@H](C)CNC(=O)CCCc1nc(-c2ccc(Cl)cc2)no1.Cl. The van der Waals surface area contributed by atoms with Gasteiger partial charge in [0, 0.05) is 36.0 Å². The van der Waals surface area contributed by atoms with Gasteiger partial charge in [0.05, 0.1) is 0 Å². The van der Waals surface area contributed by atoms with Gasteiger partial charge in [-0.05, 0) is 44.2 Å². The maximum absolute atomic E-state index is 11.8. The molecule has 138 valence electrons. The van der Waals surface area contributed by atoms with E-state index in [0.29, 0.717) is 42.5 Å². The molecule has 0 aliphatic carbocycles. The fourth-order valence-electron chi connectivity index (χ4n) is 2.25. The molecular weight excluding hydrogens is 363 g/mol. The van der Waals surface area contributed by atoms with Gasteiger partial charge in [-0.3, -0.25) is 4.79 Å². The van der Waals surface area contributed by atoms with E-state index in [1.54, 1.807) is 12.1 Å². The molecule has 0 aliphatic rings. The molecule has 0 aliphatic heterocycles. The van der Waals surface area contributed by atoms with Crippen LogP contribution < -0.4 is 10.6 Å². The average Bonchev–Trinajstić information content (AvgIpc) is 3.03. The second kappa shape index (κ2) is 11.1. The minimum Gasteiger partial charge on any atom is -0.355 e. The Hall–Kier alpha value is -1.63. The predicted molar refractivity (Wildman–Crippen MR) is 101 cm³/mol. The average molecular weight is 387 g/mol. The number of aromatic nitrogens is 2. The number of hydrogen-bond acceptors (Lipinski definition) is 5. The van der Waals surface area contributed by atoms with E-state index in [1.165, 1.54) is 0 Å². The molecule has 2 N–H and O–H groups in total. The molecule has 2 aromatic rings. The third-order valence-electron chi connectivity index (χ3n) is 3.52. The minimum atomic E-state index is 0. The van der Waals surface area contributed by atoms with Crippen molar-refractivity contribution in [1.82, 2.24) is 20.8 Å². The first-order valence-corrected chi connectivity index (χ1v) is 8.55. The van der Waals surface area contributed by atoms with Crippen LogP contribution in [-0.2, 0) is 11.2 Å². The summed E-state index contributed by atoms with van der Waals surface area (Å²) in [5.41, 5.74) is 0.851. The first kappa shape index (κ1) is 21.4. The van der Waals surface area contributed by atoms with E-state index in [1.807, 2.05) is 26.0 Å². The lowest BCUT2D eigenvalue weighted by Crippen LogP contribution is -2.38. The molecule has 0 saturated heterocycles. The van der Waals surface area contributed by atoms with E-state index in [4.69, 9.17) is 16.1 Å². The number of nitrogens with one attached hydrogen (secondary N) is 2. The molecule has 0 unspecified atom stereocenters. The van der Waals surface area contributed by atoms with Crippen LogP contribution in [0.2, 0.25) is 5.02 Å². The number of halogens is 2. The van der Waals surface area contributed by atoms with Gasteiger partial charge >= 0.3 is 0 Å². The summed E-state index contributed by atoms with van der Waals surface area (Å²) < 4.78 is 5.23. The van der Waals surface area contributed by atoms with E-state index < -0.39 is 0 Å². The maximum Gasteiger partial charge on any atom is 0.226 e. The Labute approximate surface area is 159 Å². The lowest BCUT2D eigenvalue weighted by Gasteiger charge is -2.12. The smallest absolute Gasteiger partial charge is 0.226 e. The number of amides is 1. The normalized spacial score (nSPS) is 11.6. The third kappa shape index (κ3) is 7.42. The summed E-state index contributed by atoms with van der Waals surface area (Å²) in [6, 6.07) is 7.53. The van der Waals surface area contributed by atoms with Gasteiger partial charge in [0.15, 0.2) is 0 Å². The fourth-order valence-corrected chi connectivity index (χ4v) is 2.37. The lowest BCUT2D eigenvalue weighted by molar-refractivity contribution is -0.121. The van der Waals surface area contributed by atoms with Gasteiger partial charge in [0.25, 0.3) is 0 Å². The highest BCUT2D eigenvalue weighted by Gasteiger charge is 2.10. The highest BCUT2D eigenvalue weighted by molar-refractivity contribution is 6.30. The van der Waals surface area contributed by atoms with Crippen LogP contribution in [0.5, 0.6) is 0 Å². The van der Waals surface area contributed by atoms with Gasteiger partial charge in [-0.2, -0.15) is 4.98 Å². The summed E-state index contributed by atoms with van der Waals surface area (Å²) in [6.07, 6.45) is 1.69. The van der Waals surface area contributed by atoms with Crippen molar-refractivity contribution in [3.8, 4) is 11.4 Å². The van der Waals surface area contributed by atoms with Crippen LogP contribution in [0.4, 0.5) is 0 Å². The monoisotopic (exact) mass is 386 g/mol. The molecule has 0 bridgehead atoms. The number of carbonyl (C=O) groups is 1. The Morgan fingerprint density at radius 1 is 1.32 bits per heavy atom. The van der Waals surface area contributed by atoms with Crippen molar-refractivity contribution in [3.05, 3.63) is 35.2 Å². The first-order chi connectivity index (χ1) is 11.6. The van der Waals surface area contributed by atoms with E-state index in [9.17, 15) is 4.79 Å². The van der Waals surface area contributed by atoms with Gasteiger partial charge in [-0.1, -0.05) is 23.7 Å². The van der Waals surface area contributed by atoms with Crippen molar-refractivity contribution in [3.63, 3.8) is 0 Å². The molecule has 0 spiro atoms. The Morgan fingerprint density at radius 2 is 2.04 bits per heavy atom. The molecule has 0 radical (unpaired) electrons. The number of hydrogen-bond donors (Lipinski definition) is 2. The second-order valence-electron chi connectivity index (χ2n) is 5.63. The summed E-state index contributed by atoms with van der Waals surface area (Å²) in [4.78, 5) is 16.1. The number of carbonyl (C=O) groups excluding carboxylic acids is 1. The van der Waals surface area contributed by atoms with E-state index >= 15 is 0 Å². The summed E-state index contributed by atoms with van der Waals surface area (Å²) in [5.74, 6) is 1.11. The van der Waals surface area contributed by atoms with Crippen molar-refractivity contribution < 1.29 is 9.32 Å². The second-order valence-corrected chi connectivity index (χ2v) is 6.07. The lowest BCUT2D eigenvalue weighted by atomic mass is 10.2. The number of nitrogens with zero attached hydrogens (tertiary/aromatic N) is 2. The fraction of sp³-hybridized carbons (Fsp3) is 0.471. The highest BCUT2D eigenvalue weighted by Crippen LogP contribution is 2.19. The largest absolute Gasteiger partial charge is 0.355 e.